The summed E-state index contributed by atoms with van der Waals surface area (Å²) in [4.78, 5) is 35.2. The van der Waals surface area contributed by atoms with Gasteiger partial charge in [-0.05, 0) is 38.6 Å². The Morgan fingerprint density at radius 2 is 2.08 bits per heavy atom. The van der Waals surface area contributed by atoms with Gasteiger partial charge >= 0.3 is 0 Å². The van der Waals surface area contributed by atoms with E-state index in [0.717, 1.165) is 24.9 Å². The third kappa shape index (κ3) is 3.99. The van der Waals surface area contributed by atoms with Crippen LogP contribution in [0.5, 0.6) is 0 Å². The number of carbonyl (C=O) groups excluding carboxylic acids is 2. The van der Waals surface area contributed by atoms with Crippen molar-refractivity contribution in [2.24, 2.45) is 0 Å². The van der Waals surface area contributed by atoms with Gasteiger partial charge < -0.3 is 19.4 Å². The van der Waals surface area contributed by atoms with E-state index in [9.17, 15) is 9.59 Å². The van der Waals surface area contributed by atoms with E-state index in [1.54, 1.807) is 24.3 Å². The van der Waals surface area contributed by atoms with Crippen molar-refractivity contribution in [3.8, 4) is 0 Å². The fourth-order valence-electron chi connectivity index (χ4n) is 3.18. The van der Waals surface area contributed by atoms with Crippen LogP contribution in [-0.2, 0) is 14.3 Å². The molecule has 0 N–H and O–H groups in total. The Hall–Kier alpha value is -1.99. The molecule has 1 saturated heterocycles. The average molecular weight is 346 g/mol. The van der Waals surface area contributed by atoms with Crippen molar-refractivity contribution in [1.29, 1.82) is 0 Å². The van der Waals surface area contributed by atoms with E-state index in [-0.39, 0.29) is 24.5 Å². The third-order valence-corrected chi connectivity index (χ3v) is 4.73. The zero-order valence-electron chi connectivity index (χ0n) is 15.1. The van der Waals surface area contributed by atoms with Gasteiger partial charge in [-0.15, -0.1) is 0 Å². The number of pyridine rings is 1. The van der Waals surface area contributed by atoms with Crippen LogP contribution in [0.25, 0.3) is 0 Å². The molecule has 0 bridgehead atoms. The summed E-state index contributed by atoms with van der Waals surface area (Å²) in [6, 6.07) is 3.55. The number of ether oxygens (including phenoxy) is 1. The minimum atomic E-state index is -0.685. The fraction of sp³-hybridized carbons (Fsp3) is 0.611. The van der Waals surface area contributed by atoms with E-state index in [4.69, 9.17) is 4.74 Å². The SMILES string of the molecule is CN(C)CCN(C)C(=O)[C@H]1OCC(=O)N(C2CC2)[C@@H]1c1cccnc1. The van der Waals surface area contributed by atoms with Crippen molar-refractivity contribution >= 4 is 11.8 Å². The van der Waals surface area contributed by atoms with Crippen LogP contribution in [-0.4, -0.2) is 84.5 Å². The monoisotopic (exact) mass is 346 g/mol. The largest absolute Gasteiger partial charge is 0.356 e. The Bertz CT molecular complexity index is 618. The van der Waals surface area contributed by atoms with Gasteiger partial charge in [-0.2, -0.15) is 0 Å². The summed E-state index contributed by atoms with van der Waals surface area (Å²) in [5.74, 6) is -0.134. The molecule has 2 fully saturated rings. The highest BCUT2D eigenvalue weighted by molar-refractivity contribution is 5.86. The molecule has 0 radical (unpaired) electrons. The first-order valence-corrected chi connectivity index (χ1v) is 8.71. The van der Waals surface area contributed by atoms with Crippen LogP contribution in [0, 0.1) is 0 Å². The Morgan fingerprint density at radius 1 is 1.32 bits per heavy atom. The number of morpholine rings is 1. The number of rotatable bonds is 6. The van der Waals surface area contributed by atoms with Gasteiger partial charge in [-0.3, -0.25) is 14.6 Å². The number of aromatic nitrogens is 1. The summed E-state index contributed by atoms with van der Waals surface area (Å²) < 4.78 is 5.73. The van der Waals surface area contributed by atoms with E-state index in [2.05, 4.69) is 4.98 Å². The smallest absolute Gasteiger partial charge is 0.254 e. The molecule has 1 aromatic rings. The van der Waals surface area contributed by atoms with Gasteiger partial charge in [0, 0.05) is 38.6 Å². The maximum atomic E-state index is 13.0. The number of hydrogen-bond acceptors (Lipinski definition) is 5. The molecule has 1 saturated carbocycles. The van der Waals surface area contributed by atoms with Crippen LogP contribution >= 0.6 is 0 Å². The summed E-state index contributed by atoms with van der Waals surface area (Å²) in [6.07, 6.45) is 4.70. The second kappa shape index (κ2) is 7.49. The normalized spacial score (nSPS) is 23.8. The fourth-order valence-corrected chi connectivity index (χ4v) is 3.18. The number of nitrogens with zero attached hydrogens (tertiary/aromatic N) is 4. The Morgan fingerprint density at radius 3 is 2.68 bits per heavy atom. The lowest BCUT2D eigenvalue weighted by Crippen LogP contribution is -2.55. The predicted molar refractivity (Wildman–Crippen MR) is 92.8 cm³/mol. The van der Waals surface area contributed by atoms with E-state index >= 15 is 0 Å². The van der Waals surface area contributed by atoms with E-state index in [0.29, 0.717) is 6.54 Å². The van der Waals surface area contributed by atoms with Crippen molar-refractivity contribution in [2.75, 3.05) is 40.8 Å². The maximum Gasteiger partial charge on any atom is 0.254 e. The lowest BCUT2D eigenvalue weighted by molar-refractivity contribution is -0.169. The molecule has 1 aliphatic heterocycles. The molecular formula is C18H26N4O3. The highest BCUT2D eigenvalue weighted by Crippen LogP contribution is 2.39. The minimum absolute atomic E-state index is 0.0365. The van der Waals surface area contributed by atoms with Gasteiger partial charge in [0.25, 0.3) is 5.91 Å². The first kappa shape index (κ1) is 17.8. The number of amides is 2. The highest BCUT2D eigenvalue weighted by atomic mass is 16.5. The number of likely N-dealkylation sites (N-methyl/N-ethyl adjacent to an activating group) is 2. The van der Waals surface area contributed by atoms with Gasteiger partial charge in [0.2, 0.25) is 5.91 Å². The predicted octanol–water partition coefficient (Wildman–Crippen LogP) is 0.533. The van der Waals surface area contributed by atoms with Crippen molar-refractivity contribution in [2.45, 2.75) is 31.0 Å². The van der Waals surface area contributed by atoms with Crippen LogP contribution in [0.3, 0.4) is 0 Å². The molecule has 1 aromatic heterocycles. The minimum Gasteiger partial charge on any atom is -0.356 e. The van der Waals surface area contributed by atoms with Gasteiger partial charge in [0.15, 0.2) is 6.10 Å². The van der Waals surface area contributed by atoms with Gasteiger partial charge in [-0.25, -0.2) is 0 Å². The molecule has 0 unspecified atom stereocenters. The standard InChI is InChI=1S/C18H26N4O3/c1-20(2)9-10-21(3)18(24)17-16(13-5-4-8-19-11-13)22(14-6-7-14)15(23)12-25-17/h4-5,8,11,14,16-17H,6-7,9-10,12H2,1-3H3/t16-,17+/m1/s1. The molecule has 2 amide bonds. The van der Waals surface area contributed by atoms with Crippen LogP contribution in [0.4, 0.5) is 0 Å². The number of carbonyl (C=O) groups is 2. The molecule has 7 heteroatoms. The molecule has 2 heterocycles. The summed E-state index contributed by atoms with van der Waals surface area (Å²) in [7, 11) is 5.73. The van der Waals surface area contributed by atoms with E-state index < -0.39 is 12.1 Å². The molecule has 7 nitrogen and oxygen atoms in total. The summed E-state index contributed by atoms with van der Waals surface area (Å²) >= 11 is 0. The molecule has 3 rings (SSSR count). The lowest BCUT2D eigenvalue weighted by Gasteiger charge is -2.41. The van der Waals surface area contributed by atoms with Crippen LogP contribution in [0.15, 0.2) is 24.5 Å². The Kier molecular flexibility index (Phi) is 5.34. The molecule has 0 aromatic carbocycles. The average Bonchev–Trinajstić information content (AvgIpc) is 3.44. The molecule has 136 valence electrons. The number of hydrogen-bond donors (Lipinski definition) is 0. The van der Waals surface area contributed by atoms with Crippen molar-refractivity contribution < 1.29 is 14.3 Å². The van der Waals surface area contributed by atoms with Crippen LogP contribution in [0.1, 0.15) is 24.4 Å². The van der Waals surface area contributed by atoms with Gasteiger partial charge in [0.1, 0.15) is 6.61 Å². The zero-order valence-corrected chi connectivity index (χ0v) is 15.1. The third-order valence-electron chi connectivity index (χ3n) is 4.73. The highest BCUT2D eigenvalue weighted by Gasteiger charge is 2.48. The second-order valence-corrected chi connectivity index (χ2v) is 7.06. The Labute approximate surface area is 148 Å². The van der Waals surface area contributed by atoms with Crippen molar-refractivity contribution in [3.63, 3.8) is 0 Å². The summed E-state index contributed by atoms with van der Waals surface area (Å²) in [6.45, 7) is 1.35. The molecule has 25 heavy (non-hydrogen) atoms. The molecule has 1 aliphatic carbocycles. The van der Waals surface area contributed by atoms with Gasteiger partial charge in [0.05, 0.1) is 6.04 Å². The van der Waals surface area contributed by atoms with Crippen molar-refractivity contribution in [1.82, 2.24) is 19.7 Å². The topological polar surface area (TPSA) is 66.0 Å². The molecule has 2 atom stereocenters. The molecule has 0 spiro atoms. The second-order valence-electron chi connectivity index (χ2n) is 7.06. The quantitative estimate of drug-likeness (QED) is 0.752. The first-order valence-electron chi connectivity index (χ1n) is 8.71. The molecular weight excluding hydrogens is 320 g/mol. The Balaban J connectivity index is 1.85. The maximum absolute atomic E-state index is 13.0. The summed E-state index contributed by atoms with van der Waals surface area (Å²) in [5.41, 5.74) is 0.849. The van der Waals surface area contributed by atoms with E-state index in [1.165, 1.54) is 0 Å². The van der Waals surface area contributed by atoms with Crippen molar-refractivity contribution in [3.05, 3.63) is 30.1 Å². The zero-order chi connectivity index (χ0) is 18.0. The first-order chi connectivity index (χ1) is 12.0. The van der Waals surface area contributed by atoms with Crippen LogP contribution < -0.4 is 0 Å². The van der Waals surface area contributed by atoms with E-state index in [1.807, 2.05) is 36.0 Å². The summed E-state index contributed by atoms with van der Waals surface area (Å²) in [5, 5.41) is 0. The van der Waals surface area contributed by atoms with Crippen LogP contribution in [0.2, 0.25) is 0 Å². The lowest BCUT2D eigenvalue weighted by atomic mass is 9.98. The molecule has 2 aliphatic rings. The van der Waals surface area contributed by atoms with Gasteiger partial charge in [-0.1, -0.05) is 6.07 Å².